The smallest absolute Gasteiger partial charge is 0.339 e. The van der Waals surface area contributed by atoms with Crippen LogP contribution in [0.1, 0.15) is 35.3 Å². The average molecular weight is 319 g/mol. The van der Waals surface area contributed by atoms with Crippen molar-refractivity contribution in [1.82, 2.24) is 0 Å². The number of ether oxygens (including phenoxy) is 1. The van der Waals surface area contributed by atoms with Gasteiger partial charge in [0.05, 0.1) is 7.11 Å². The van der Waals surface area contributed by atoms with Crippen molar-refractivity contribution < 1.29 is 33.3 Å². The Bertz CT molecular complexity index is 575. The molecule has 0 amide bonds. The summed E-state index contributed by atoms with van der Waals surface area (Å²) in [7, 11) is 1.03. The molecule has 22 heavy (non-hydrogen) atoms. The maximum Gasteiger partial charge on any atom is 0.339 e. The first-order valence-electron chi connectivity index (χ1n) is 6.48. The maximum atomic E-state index is 14.1. The first-order valence-corrected chi connectivity index (χ1v) is 6.48. The summed E-state index contributed by atoms with van der Waals surface area (Å²) in [4.78, 5) is 21.7. The summed E-state index contributed by atoms with van der Waals surface area (Å²) in [5.74, 6) is -6.03. The maximum absolute atomic E-state index is 14.1. The SMILES string of the molecule is CC.COc1c(F)c(CC(N)C(=O)O)c(F)c(C)c1C(=O)O. The van der Waals surface area contributed by atoms with Crippen molar-refractivity contribution in [3.05, 3.63) is 28.3 Å². The Morgan fingerprint density at radius 3 is 2.09 bits per heavy atom. The standard InChI is InChI=1S/C12H13F2NO5.C2H6/c1-4-7(12(18)19)10(20-2)9(14)5(8(4)13)3-6(15)11(16)17;1-2/h6H,3,15H2,1-2H3,(H,16,17)(H,18,19);1-2H3. The Hall–Kier alpha value is -2.22. The van der Waals surface area contributed by atoms with Crippen LogP contribution in [0.2, 0.25) is 0 Å². The molecule has 0 aromatic heterocycles. The van der Waals surface area contributed by atoms with E-state index in [4.69, 9.17) is 15.9 Å². The summed E-state index contributed by atoms with van der Waals surface area (Å²) in [6, 6.07) is -1.52. The highest BCUT2D eigenvalue weighted by molar-refractivity contribution is 5.93. The van der Waals surface area contributed by atoms with Crippen LogP contribution in [0.15, 0.2) is 0 Å². The summed E-state index contributed by atoms with van der Waals surface area (Å²) in [6.07, 6.45) is -0.621. The fourth-order valence-electron chi connectivity index (χ4n) is 1.79. The number of benzene rings is 1. The van der Waals surface area contributed by atoms with E-state index in [1.165, 1.54) is 0 Å². The number of hydrogen-bond acceptors (Lipinski definition) is 4. The lowest BCUT2D eigenvalue weighted by molar-refractivity contribution is -0.138. The molecule has 0 spiro atoms. The minimum atomic E-state index is -1.55. The van der Waals surface area contributed by atoms with Crippen molar-refractivity contribution in [2.24, 2.45) is 5.73 Å². The van der Waals surface area contributed by atoms with Gasteiger partial charge in [0.15, 0.2) is 11.6 Å². The van der Waals surface area contributed by atoms with E-state index in [-0.39, 0.29) is 5.56 Å². The number of carbonyl (C=O) groups is 2. The third-order valence-corrected chi connectivity index (χ3v) is 2.82. The minimum absolute atomic E-state index is 0.344. The van der Waals surface area contributed by atoms with E-state index < -0.39 is 52.9 Å². The van der Waals surface area contributed by atoms with E-state index in [9.17, 15) is 18.4 Å². The highest BCUT2D eigenvalue weighted by atomic mass is 19.1. The Kier molecular flexibility index (Phi) is 7.44. The number of hydrogen-bond donors (Lipinski definition) is 3. The molecule has 0 saturated heterocycles. The number of rotatable bonds is 5. The van der Waals surface area contributed by atoms with E-state index >= 15 is 0 Å². The van der Waals surface area contributed by atoms with Crippen LogP contribution in [-0.2, 0) is 11.2 Å². The van der Waals surface area contributed by atoms with Gasteiger partial charge in [0.25, 0.3) is 0 Å². The lowest BCUT2D eigenvalue weighted by atomic mass is 9.97. The molecular formula is C14H19F2NO5. The first-order chi connectivity index (χ1) is 10.2. The van der Waals surface area contributed by atoms with Gasteiger partial charge in [-0.1, -0.05) is 13.8 Å². The molecule has 0 aliphatic rings. The molecule has 6 nitrogen and oxygen atoms in total. The van der Waals surface area contributed by atoms with Crippen molar-refractivity contribution in [3.63, 3.8) is 0 Å². The monoisotopic (exact) mass is 319 g/mol. The van der Waals surface area contributed by atoms with Crippen LogP contribution >= 0.6 is 0 Å². The number of nitrogens with two attached hydrogens (primary N) is 1. The summed E-state index contributed by atoms with van der Waals surface area (Å²) in [6.45, 7) is 5.14. The highest BCUT2D eigenvalue weighted by Crippen LogP contribution is 2.32. The Morgan fingerprint density at radius 2 is 1.73 bits per heavy atom. The largest absolute Gasteiger partial charge is 0.493 e. The molecule has 1 rings (SSSR count). The van der Waals surface area contributed by atoms with Gasteiger partial charge in [-0.05, 0) is 6.92 Å². The van der Waals surface area contributed by atoms with Gasteiger partial charge in [-0.15, -0.1) is 0 Å². The van der Waals surface area contributed by atoms with E-state index in [2.05, 4.69) is 4.74 Å². The second-order valence-corrected chi connectivity index (χ2v) is 4.09. The van der Waals surface area contributed by atoms with Gasteiger partial charge in [0.1, 0.15) is 17.4 Å². The number of carboxylic acid groups (broad SMARTS) is 2. The highest BCUT2D eigenvalue weighted by Gasteiger charge is 2.28. The molecule has 0 saturated carbocycles. The molecule has 1 aromatic carbocycles. The summed E-state index contributed by atoms with van der Waals surface area (Å²) >= 11 is 0. The quantitative estimate of drug-likeness (QED) is 0.765. The van der Waals surface area contributed by atoms with Crippen LogP contribution in [0.5, 0.6) is 5.75 Å². The molecule has 0 aliphatic heterocycles. The number of halogens is 2. The van der Waals surface area contributed by atoms with Crippen LogP contribution in [0, 0.1) is 18.6 Å². The third kappa shape index (κ3) is 3.91. The molecular weight excluding hydrogens is 300 g/mol. The van der Waals surface area contributed by atoms with Gasteiger partial charge in [0, 0.05) is 17.5 Å². The number of aliphatic carboxylic acids is 1. The van der Waals surface area contributed by atoms with Gasteiger partial charge in [0.2, 0.25) is 0 Å². The van der Waals surface area contributed by atoms with Gasteiger partial charge < -0.3 is 20.7 Å². The van der Waals surface area contributed by atoms with Crippen molar-refractivity contribution in [3.8, 4) is 5.75 Å². The zero-order chi connectivity index (χ0) is 17.6. The van der Waals surface area contributed by atoms with Crippen LogP contribution < -0.4 is 10.5 Å². The van der Waals surface area contributed by atoms with E-state index in [1.807, 2.05) is 13.8 Å². The predicted octanol–water partition coefficient (Wildman–Crippen LogP) is 1.96. The molecule has 1 unspecified atom stereocenters. The molecule has 0 bridgehead atoms. The van der Waals surface area contributed by atoms with Gasteiger partial charge in [-0.2, -0.15) is 0 Å². The van der Waals surface area contributed by atoms with Crippen molar-refractivity contribution in [2.45, 2.75) is 33.2 Å². The van der Waals surface area contributed by atoms with E-state index in [0.717, 1.165) is 14.0 Å². The topological polar surface area (TPSA) is 110 Å². The predicted molar refractivity (Wildman–Crippen MR) is 75.3 cm³/mol. The zero-order valence-corrected chi connectivity index (χ0v) is 12.7. The van der Waals surface area contributed by atoms with Gasteiger partial charge in [-0.25, -0.2) is 13.6 Å². The van der Waals surface area contributed by atoms with Crippen molar-refractivity contribution >= 4 is 11.9 Å². The van der Waals surface area contributed by atoms with Crippen LogP contribution in [0.4, 0.5) is 8.78 Å². The lowest BCUT2D eigenvalue weighted by Crippen LogP contribution is -2.33. The molecule has 0 fully saturated rings. The van der Waals surface area contributed by atoms with Crippen LogP contribution in [0.3, 0.4) is 0 Å². The Morgan fingerprint density at radius 1 is 1.23 bits per heavy atom. The van der Waals surface area contributed by atoms with Crippen molar-refractivity contribution in [1.29, 1.82) is 0 Å². The molecule has 124 valence electrons. The second-order valence-electron chi connectivity index (χ2n) is 4.09. The molecule has 0 aliphatic carbocycles. The minimum Gasteiger partial charge on any atom is -0.493 e. The van der Waals surface area contributed by atoms with Gasteiger partial charge in [-0.3, -0.25) is 4.79 Å². The molecule has 4 N–H and O–H groups in total. The molecule has 8 heteroatoms. The average Bonchev–Trinajstić information content (AvgIpc) is 2.48. The lowest BCUT2D eigenvalue weighted by Gasteiger charge is -2.16. The Balaban J connectivity index is 0.00000211. The zero-order valence-electron chi connectivity index (χ0n) is 12.7. The summed E-state index contributed by atoms with van der Waals surface area (Å²) < 4.78 is 32.7. The second kappa shape index (κ2) is 8.28. The summed E-state index contributed by atoms with van der Waals surface area (Å²) in [5, 5.41) is 17.6. The normalized spacial score (nSPS) is 11.2. The van der Waals surface area contributed by atoms with Crippen LogP contribution in [0.25, 0.3) is 0 Å². The Labute approximate surface area is 126 Å². The van der Waals surface area contributed by atoms with Gasteiger partial charge >= 0.3 is 11.9 Å². The molecule has 1 aromatic rings. The summed E-state index contributed by atoms with van der Waals surface area (Å²) in [5.41, 5.74) is 3.64. The number of aromatic carboxylic acids is 1. The van der Waals surface area contributed by atoms with E-state index in [1.54, 1.807) is 0 Å². The fraction of sp³-hybridized carbons (Fsp3) is 0.429. The third-order valence-electron chi connectivity index (χ3n) is 2.82. The van der Waals surface area contributed by atoms with Crippen molar-refractivity contribution in [2.75, 3.05) is 7.11 Å². The number of carboxylic acids is 2. The number of methoxy groups -OCH3 is 1. The fourth-order valence-corrected chi connectivity index (χ4v) is 1.79. The first kappa shape index (κ1) is 19.8. The van der Waals surface area contributed by atoms with Crippen LogP contribution in [-0.4, -0.2) is 35.3 Å². The van der Waals surface area contributed by atoms with E-state index in [0.29, 0.717) is 0 Å². The molecule has 0 radical (unpaired) electrons. The molecule has 1 atom stereocenters. The molecule has 0 heterocycles.